The van der Waals surface area contributed by atoms with Crippen LogP contribution in [-0.4, -0.2) is 10.8 Å². The summed E-state index contributed by atoms with van der Waals surface area (Å²) in [6, 6.07) is 10.5. The van der Waals surface area contributed by atoms with Crippen LogP contribution in [0.15, 0.2) is 42.6 Å². The Morgan fingerprint density at radius 2 is 2.06 bits per heavy atom. The molecule has 0 aliphatic heterocycles. The molecular weight excluding hydrogens is 336 g/mol. The summed E-state index contributed by atoms with van der Waals surface area (Å²) < 4.78 is 0.935. The molecule has 0 N–H and O–H groups in total. The fourth-order valence-electron chi connectivity index (χ4n) is 1.33. The van der Waals surface area contributed by atoms with Gasteiger partial charge < -0.3 is 0 Å². The zero-order valence-electron chi connectivity index (χ0n) is 8.15. The van der Waals surface area contributed by atoms with Gasteiger partial charge in [0.25, 0.3) is 0 Å². The van der Waals surface area contributed by atoms with Gasteiger partial charge in [-0.25, -0.2) is 0 Å². The predicted molar refractivity (Wildman–Crippen MR) is 71.8 cm³/mol. The average molecular weight is 344 g/mol. The van der Waals surface area contributed by atoms with Gasteiger partial charge in [-0.15, -0.1) is 0 Å². The van der Waals surface area contributed by atoms with Gasteiger partial charge in [-0.3, -0.25) is 9.78 Å². The number of aromatic nitrogens is 1. The smallest absolute Gasteiger partial charge is 0.211 e. The summed E-state index contributed by atoms with van der Waals surface area (Å²) in [4.78, 5) is 16.0. The quantitative estimate of drug-likeness (QED) is 0.616. The second kappa shape index (κ2) is 4.93. The van der Waals surface area contributed by atoms with Gasteiger partial charge >= 0.3 is 0 Å². The van der Waals surface area contributed by atoms with Crippen molar-refractivity contribution in [2.45, 2.75) is 0 Å². The van der Waals surface area contributed by atoms with Crippen LogP contribution in [0.25, 0.3) is 0 Å². The number of halogens is 2. The topological polar surface area (TPSA) is 30.0 Å². The Morgan fingerprint density at radius 3 is 2.69 bits per heavy atom. The Labute approximate surface area is 112 Å². The molecule has 2 rings (SSSR count). The zero-order valence-corrected chi connectivity index (χ0v) is 11.1. The standard InChI is InChI=1S/C12H7ClINO/c13-9-5-8(6-10(14)7-9)12(16)11-3-1-2-4-15-11/h1-7H. The van der Waals surface area contributed by atoms with Gasteiger partial charge in [0, 0.05) is 20.4 Å². The van der Waals surface area contributed by atoms with Crippen molar-refractivity contribution in [2.75, 3.05) is 0 Å². The van der Waals surface area contributed by atoms with Crippen LogP contribution in [-0.2, 0) is 0 Å². The number of pyridine rings is 1. The second-order valence-electron chi connectivity index (χ2n) is 3.20. The Morgan fingerprint density at radius 1 is 1.25 bits per heavy atom. The average Bonchev–Trinajstić information content (AvgIpc) is 2.28. The molecule has 16 heavy (non-hydrogen) atoms. The number of carbonyl (C=O) groups excluding carboxylic acids is 1. The SMILES string of the molecule is O=C(c1cc(Cl)cc(I)c1)c1ccccn1. The first-order valence-electron chi connectivity index (χ1n) is 4.58. The highest BCUT2D eigenvalue weighted by atomic mass is 127. The van der Waals surface area contributed by atoms with E-state index in [1.807, 2.05) is 0 Å². The van der Waals surface area contributed by atoms with E-state index in [1.54, 1.807) is 42.6 Å². The van der Waals surface area contributed by atoms with E-state index >= 15 is 0 Å². The summed E-state index contributed by atoms with van der Waals surface area (Å²) in [6.07, 6.45) is 1.60. The lowest BCUT2D eigenvalue weighted by Gasteiger charge is -2.01. The fraction of sp³-hybridized carbons (Fsp3) is 0. The second-order valence-corrected chi connectivity index (χ2v) is 4.88. The van der Waals surface area contributed by atoms with Crippen LogP contribution in [0.4, 0.5) is 0 Å². The first-order valence-corrected chi connectivity index (χ1v) is 6.04. The largest absolute Gasteiger partial charge is 0.287 e. The first-order chi connectivity index (χ1) is 7.66. The van der Waals surface area contributed by atoms with E-state index in [2.05, 4.69) is 27.6 Å². The highest BCUT2D eigenvalue weighted by molar-refractivity contribution is 14.1. The monoisotopic (exact) mass is 343 g/mol. The molecular formula is C12H7ClINO. The minimum absolute atomic E-state index is 0.110. The van der Waals surface area contributed by atoms with E-state index in [1.165, 1.54) is 0 Å². The van der Waals surface area contributed by atoms with E-state index in [0.717, 1.165) is 3.57 Å². The minimum Gasteiger partial charge on any atom is -0.287 e. The number of nitrogens with zero attached hydrogens (tertiary/aromatic N) is 1. The van der Waals surface area contributed by atoms with Crippen molar-refractivity contribution in [2.24, 2.45) is 0 Å². The van der Waals surface area contributed by atoms with Crippen molar-refractivity contribution in [3.63, 3.8) is 0 Å². The van der Waals surface area contributed by atoms with Crippen molar-refractivity contribution in [3.8, 4) is 0 Å². The molecule has 0 atom stereocenters. The fourth-order valence-corrected chi connectivity index (χ4v) is 2.42. The van der Waals surface area contributed by atoms with Crippen LogP contribution in [0.5, 0.6) is 0 Å². The van der Waals surface area contributed by atoms with Crippen molar-refractivity contribution in [1.29, 1.82) is 0 Å². The predicted octanol–water partition coefficient (Wildman–Crippen LogP) is 3.57. The Kier molecular flexibility index (Phi) is 3.56. The molecule has 0 aliphatic carbocycles. The zero-order chi connectivity index (χ0) is 11.5. The third-order valence-corrected chi connectivity index (χ3v) is 2.86. The van der Waals surface area contributed by atoms with Crippen LogP contribution in [0.1, 0.15) is 16.1 Å². The molecule has 0 radical (unpaired) electrons. The maximum absolute atomic E-state index is 12.0. The summed E-state index contributed by atoms with van der Waals surface area (Å²) >= 11 is 8.03. The van der Waals surface area contributed by atoms with Crippen molar-refractivity contribution in [1.82, 2.24) is 4.98 Å². The maximum atomic E-state index is 12.0. The van der Waals surface area contributed by atoms with E-state index < -0.39 is 0 Å². The lowest BCUT2D eigenvalue weighted by Crippen LogP contribution is -2.03. The number of rotatable bonds is 2. The highest BCUT2D eigenvalue weighted by Gasteiger charge is 2.11. The molecule has 2 aromatic rings. The summed E-state index contributed by atoms with van der Waals surface area (Å²) in [6.45, 7) is 0. The summed E-state index contributed by atoms with van der Waals surface area (Å²) in [7, 11) is 0. The van der Waals surface area contributed by atoms with E-state index in [9.17, 15) is 4.79 Å². The highest BCUT2D eigenvalue weighted by Crippen LogP contribution is 2.18. The molecule has 0 aliphatic rings. The molecule has 2 nitrogen and oxygen atoms in total. The van der Waals surface area contributed by atoms with Gasteiger partial charge in [-0.2, -0.15) is 0 Å². The third-order valence-electron chi connectivity index (χ3n) is 2.02. The summed E-state index contributed by atoms with van der Waals surface area (Å²) in [5, 5.41) is 0.561. The normalized spacial score (nSPS) is 10.1. The lowest BCUT2D eigenvalue weighted by molar-refractivity contribution is 0.103. The van der Waals surface area contributed by atoms with E-state index in [-0.39, 0.29) is 5.78 Å². The lowest BCUT2D eigenvalue weighted by atomic mass is 10.1. The molecule has 0 spiro atoms. The van der Waals surface area contributed by atoms with Crippen LogP contribution in [0.3, 0.4) is 0 Å². The Balaban J connectivity index is 2.42. The van der Waals surface area contributed by atoms with Gasteiger partial charge in [0.05, 0.1) is 0 Å². The molecule has 0 fully saturated rings. The Hall–Kier alpha value is -0.940. The van der Waals surface area contributed by atoms with E-state index in [4.69, 9.17) is 11.6 Å². The molecule has 0 unspecified atom stereocenters. The van der Waals surface area contributed by atoms with Crippen LogP contribution < -0.4 is 0 Å². The molecule has 0 bridgehead atoms. The van der Waals surface area contributed by atoms with Gasteiger partial charge in [0.2, 0.25) is 5.78 Å². The third kappa shape index (κ3) is 2.59. The molecule has 0 saturated carbocycles. The molecule has 1 heterocycles. The summed E-state index contributed by atoms with van der Waals surface area (Å²) in [5.41, 5.74) is 0.996. The first kappa shape index (κ1) is 11.5. The van der Waals surface area contributed by atoms with Crippen molar-refractivity contribution in [3.05, 3.63) is 62.4 Å². The number of hydrogen-bond donors (Lipinski definition) is 0. The number of hydrogen-bond acceptors (Lipinski definition) is 2. The van der Waals surface area contributed by atoms with Gasteiger partial charge in [0.15, 0.2) is 0 Å². The van der Waals surface area contributed by atoms with Crippen molar-refractivity contribution >= 4 is 40.0 Å². The molecule has 1 aromatic heterocycles. The molecule has 0 saturated heterocycles. The maximum Gasteiger partial charge on any atom is 0.211 e. The van der Waals surface area contributed by atoms with Crippen molar-refractivity contribution < 1.29 is 4.79 Å². The van der Waals surface area contributed by atoms with Crippen LogP contribution >= 0.6 is 34.2 Å². The van der Waals surface area contributed by atoms with E-state index in [0.29, 0.717) is 16.3 Å². The minimum atomic E-state index is -0.110. The number of benzene rings is 1. The summed E-state index contributed by atoms with van der Waals surface area (Å²) in [5.74, 6) is -0.110. The van der Waals surface area contributed by atoms with Gasteiger partial charge in [0.1, 0.15) is 5.69 Å². The van der Waals surface area contributed by atoms with Gasteiger partial charge in [-0.1, -0.05) is 17.7 Å². The van der Waals surface area contributed by atoms with Crippen LogP contribution in [0, 0.1) is 3.57 Å². The number of carbonyl (C=O) groups is 1. The van der Waals surface area contributed by atoms with Gasteiger partial charge in [-0.05, 0) is 52.9 Å². The molecule has 4 heteroatoms. The number of ketones is 1. The molecule has 80 valence electrons. The molecule has 0 amide bonds. The Bertz CT molecular complexity index is 508. The molecule has 1 aromatic carbocycles. The van der Waals surface area contributed by atoms with Crippen LogP contribution in [0.2, 0.25) is 5.02 Å².